The van der Waals surface area contributed by atoms with Crippen LogP contribution in [-0.4, -0.2) is 60.7 Å². The van der Waals surface area contributed by atoms with Crippen LogP contribution in [0.5, 0.6) is 5.75 Å². The third-order valence-corrected chi connectivity index (χ3v) is 9.14. The minimum atomic E-state index is -0.455. The topological polar surface area (TPSA) is 125 Å². The van der Waals surface area contributed by atoms with Gasteiger partial charge in [-0.3, -0.25) is 14.4 Å². The molecule has 1 aromatic carbocycles. The zero-order chi connectivity index (χ0) is 27.9. The van der Waals surface area contributed by atoms with Crippen LogP contribution in [0.25, 0.3) is 10.2 Å². The van der Waals surface area contributed by atoms with E-state index in [-0.39, 0.29) is 30.6 Å². The van der Waals surface area contributed by atoms with Crippen LogP contribution in [0.4, 0.5) is 5.00 Å². The Bertz CT molecular complexity index is 1470. The lowest BCUT2D eigenvalue weighted by atomic mass is 9.95. The molecule has 2 heterocycles. The summed E-state index contributed by atoms with van der Waals surface area (Å²) in [5, 5.41) is 3.32. The molecule has 0 atom stereocenters. The number of anilines is 1. The number of esters is 2. The highest BCUT2D eigenvalue weighted by Crippen LogP contribution is 2.38. The van der Waals surface area contributed by atoms with Crippen molar-refractivity contribution in [3.8, 4) is 5.75 Å². The summed E-state index contributed by atoms with van der Waals surface area (Å²) in [6.07, 6.45) is 3.72. The molecule has 10 nitrogen and oxygen atoms in total. The molecule has 1 aliphatic rings. The van der Waals surface area contributed by atoms with E-state index in [4.69, 9.17) is 14.2 Å². The molecule has 2 amide bonds. The molecular weight excluding hydrogens is 563 g/mol. The summed E-state index contributed by atoms with van der Waals surface area (Å²) >= 11 is 3.79. The molecule has 13 heteroatoms. The summed E-state index contributed by atoms with van der Waals surface area (Å²) in [4.78, 5) is 55.6. The summed E-state index contributed by atoms with van der Waals surface area (Å²) in [6, 6.07) is 5.39. The van der Waals surface area contributed by atoms with E-state index in [1.165, 1.54) is 29.8 Å². The standard InChI is InChI=1S/C26H29N3O7S3/c1-4-36-22(32)12-29-17-10-9-15(34-2)11-19(17)39-26(29)28-21(31)14-37-13-20(30)27-24-23(25(33)35-3)16-7-5-6-8-18(16)38-24/h9-11H,4-8,12-14H2,1-3H3,(H,27,30). The highest BCUT2D eigenvalue weighted by atomic mass is 32.2. The fraction of sp³-hybridized carbons (Fsp3) is 0.423. The van der Waals surface area contributed by atoms with Gasteiger partial charge in [0.05, 0.1) is 48.1 Å². The number of nitrogens with one attached hydrogen (secondary N) is 1. The first kappa shape index (κ1) is 28.8. The first-order valence-electron chi connectivity index (χ1n) is 12.4. The summed E-state index contributed by atoms with van der Waals surface area (Å²) in [5.41, 5.74) is 2.13. The first-order valence-corrected chi connectivity index (χ1v) is 15.1. The number of amides is 2. The van der Waals surface area contributed by atoms with Crippen LogP contribution in [0.2, 0.25) is 0 Å². The van der Waals surface area contributed by atoms with Gasteiger partial charge >= 0.3 is 11.9 Å². The van der Waals surface area contributed by atoms with Gasteiger partial charge in [0.2, 0.25) is 5.91 Å². The number of hydrogen-bond acceptors (Lipinski definition) is 10. The average molecular weight is 592 g/mol. The summed E-state index contributed by atoms with van der Waals surface area (Å²) in [6.45, 7) is 1.88. The van der Waals surface area contributed by atoms with Gasteiger partial charge in [-0.05, 0) is 56.4 Å². The number of benzene rings is 1. The zero-order valence-corrected chi connectivity index (χ0v) is 24.3. The summed E-state index contributed by atoms with van der Waals surface area (Å²) < 4.78 is 17.8. The Morgan fingerprint density at radius 3 is 2.64 bits per heavy atom. The van der Waals surface area contributed by atoms with E-state index >= 15 is 0 Å². The van der Waals surface area contributed by atoms with Gasteiger partial charge in [-0.15, -0.1) is 23.1 Å². The molecule has 1 aliphatic carbocycles. The van der Waals surface area contributed by atoms with Crippen LogP contribution < -0.4 is 14.9 Å². The van der Waals surface area contributed by atoms with Crippen LogP contribution in [0, 0.1) is 0 Å². The van der Waals surface area contributed by atoms with Crippen LogP contribution in [0.3, 0.4) is 0 Å². The maximum Gasteiger partial charge on any atom is 0.341 e. The van der Waals surface area contributed by atoms with E-state index in [1.807, 2.05) is 6.07 Å². The highest BCUT2D eigenvalue weighted by molar-refractivity contribution is 8.00. The van der Waals surface area contributed by atoms with Gasteiger partial charge in [0, 0.05) is 4.88 Å². The molecule has 2 aromatic heterocycles. The number of thiophene rings is 1. The number of hydrogen-bond donors (Lipinski definition) is 1. The number of methoxy groups -OCH3 is 2. The molecule has 0 fully saturated rings. The molecule has 4 rings (SSSR count). The van der Waals surface area contributed by atoms with Gasteiger partial charge < -0.3 is 24.1 Å². The molecule has 0 bridgehead atoms. The fourth-order valence-electron chi connectivity index (χ4n) is 4.26. The lowest BCUT2D eigenvalue weighted by Gasteiger charge is -2.11. The normalized spacial score (nSPS) is 13.2. The number of aryl methyl sites for hydroxylation is 1. The number of carbonyl (C=O) groups is 4. The van der Waals surface area contributed by atoms with Crippen LogP contribution >= 0.6 is 34.4 Å². The van der Waals surface area contributed by atoms with Gasteiger partial charge in [0.25, 0.3) is 5.91 Å². The lowest BCUT2D eigenvalue weighted by Crippen LogP contribution is -2.23. The molecular formula is C26H29N3O7S3. The molecule has 0 spiro atoms. The number of nitrogens with zero attached hydrogens (tertiary/aromatic N) is 2. The van der Waals surface area contributed by atoms with Crippen molar-refractivity contribution in [2.75, 3.05) is 37.6 Å². The number of carbonyl (C=O) groups excluding carboxylic acids is 4. The Morgan fingerprint density at radius 1 is 1.10 bits per heavy atom. The predicted molar refractivity (Wildman–Crippen MR) is 152 cm³/mol. The number of fused-ring (bicyclic) bond motifs is 2. The van der Waals surface area contributed by atoms with E-state index in [0.29, 0.717) is 21.1 Å². The molecule has 0 saturated carbocycles. The summed E-state index contributed by atoms with van der Waals surface area (Å²) in [7, 11) is 2.89. The molecule has 3 aromatic rings. The number of thioether (sulfide) groups is 1. The van der Waals surface area contributed by atoms with E-state index in [9.17, 15) is 19.2 Å². The van der Waals surface area contributed by atoms with Crippen molar-refractivity contribution in [3.63, 3.8) is 0 Å². The van der Waals surface area contributed by atoms with Gasteiger partial charge in [-0.1, -0.05) is 11.3 Å². The maximum absolute atomic E-state index is 12.7. The van der Waals surface area contributed by atoms with E-state index < -0.39 is 17.8 Å². The van der Waals surface area contributed by atoms with Gasteiger partial charge in [0.15, 0.2) is 4.80 Å². The quantitative estimate of drug-likeness (QED) is 0.353. The molecule has 208 valence electrons. The van der Waals surface area contributed by atoms with Crippen molar-refractivity contribution in [2.24, 2.45) is 4.99 Å². The number of thiazole rings is 1. The van der Waals surface area contributed by atoms with E-state index in [1.54, 1.807) is 30.7 Å². The minimum Gasteiger partial charge on any atom is -0.497 e. The summed E-state index contributed by atoms with van der Waals surface area (Å²) in [5.74, 6) is -1.02. The SMILES string of the molecule is CCOC(=O)Cn1c(=NC(=O)CSCC(=O)Nc2sc3c(c2C(=O)OC)CCCC3)sc2cc(OC)ccc21. The van der Waals surface area contributed by atoms with Crippen molar-refractivity contribution in [1.82, 2.24) is 4.57 Å². The Balaban J connectivity index is 1.44. The smallest absolute Gasteiger partial charge is 0.341 e. The van der Waals surface area contributed by atoms with Crippen molar-refractivity contribution < 1.29 is 33.4 Å². The minimum absolute atomic E-state index is 0.0108. The van der Waals surface area contributed by atoms with Crippen LogP contribution in [-0.2, 0) is 43.2 Å². The van der Waals surface area contributed by atoms with Gasteiger partial charge in [-0.2, -0.15) is 4.99 Å². The van der Waals surface area contributed by atoms with Crippen molar-refractivity contribution >= 4 is 73.4 Å². The molecule has 0 unspecified atom stereocenters. The van der Waals surface area contributed by atoms with Crippen molar-refractivity contribution in [1.29, 1.82) is 0 Å². The Labute approximate surface area is 237 Å². The Kier molecular flexibility index (Phi) is 9.81. The second-order valence-electron chi connectivity index (χ2n) is 8.56. The molecule has 1 N–H and O–H groups in total. The molecule has 39 heavy (non-hydrogen) atoms. The Hall–Kier alpha value is -3.16. The fourth-order valence-corrected chi connectivity index (χ4v) is 7.23. The first-order chi connectivity index (χ1) is 18.8. The van der Waals surface area contributed by atoms with E-state index in [0.717, 1.165) is 58.1 Å². The third-order valence-electron chi connectivity index (χ3n) is 5.98. The molecule has 0 aliphatic heterocycles. The third kappa shape index (κ3) is 6.89. The lowest BCUT2D eigenvalue weighted by molar-refractivity contribution is -0.143. The second kappa shape index (κ2) is 13.3. The number of aromatic nitrogens is 1. The Morgan fingerprint density at radius 2 is 1.90 bits per heavy atom. The molecule has 0 saturated heterocycles. The molecule has 0 radical (unpaired) electrons. The average Bonchev–Trinajstić information content (AvgIpc) is 3.44. The second-order valence-corrected chi connectivity index (χ2v) is 11.7. The van der Waals surface area contributed by atoms with Gasteiger partial charge in [0.1, 0.15) is 17.3 Å². The zero-order valence-electron chi connectivity index (χ0n) is 21.9. The number of ether oxygens (including phenoxy) is 3. The highest BCUT2D eigenvalue weighted by Gasteiger charge is 2.27. The maximum atomic E-state index is 12.7. The van der Waals surface area contributed by atoms with Crippen LogP contribution in [0.15, 0.2) is 23.2 Å². The number of rotatable bonds is 10. The largest absolute Gasteiger partial charge is 0.497 e. The van der Waals surface area contributed by atoms with Crippen molar-refractivity contribution in [2.45, 2.75) is 39.2 Å². The van der Waals surface area contributed by atoms with Gasteiger partial charge in [-0.25, -0.2) is 4.79 Å². The van der Waals surface area contributed by atoms with Crippen LogP contribution in [0.1, 0.15) is 40.6 Å². The van der Waals surface area contributed by atoms with E-state index in [2.05, 4.69) is 10.3 Å². The van der Waals surface area contributed by atoms with Crippen molar-refractivity contribution in [3.05, 3.63) is 39.0 Å². The monoisotopic (exact) mass is 591 g/mol. The predicted octanol–water partition coefficient (Wildman–Crippen LogP) is 3.80.